The summed E-state index contributed by atoms with van der Waals surface area (Å²) < 4.78 is 0. The third kappa shape index (κ3) is 3.55. The lowest BCUT2D eigenvalue weighted by atomic mass is 9.94. The van der Waals surface area contributed by atoms with Crippen LogP contribution in [0.25, 0.3) is 10.2 Å². The van der Waals surface area contributed by atoms with E-state index >= 15 is 0 Å². The Hall–Kier alpha value is -1.46. The van der Waals surface area contributed by atoms with Crippen LogP contribution in [0.1, 0.15) is 29.3 Å². The van der Waals surface area contributed by atoms with Crippen LogP contribution in [0.3, 0.4) is 0 Å². The van der Waals surface area contributed by atoms with Gasteiger partial charge in [-0.1, -0.05) is 6.07 Å². The van der Waals surface area contributed by atoms with Crippen LogP contribution in [0, 0.1) is 6.92 Å². The van der Waals surface area contributed by atoms with Crippen LogP contribution in [0.2, 0.25) is 0 Å². The Balaban J connectivity index is 0.000000452. The SMILES string of the molecule is Cc1cc2ccc(C3CCCN(C)C3)nc2s1.NC=O. The summed E-state index contributed by atoms with van der Waals surface area (Å²) in [6.07, 6.45) is 2.83. The standard InChI is InChI=1S/C14H18N2S.CH3NO/c1-10-8-11-5-6-13(15-14(11)17-10)12-4-3-7-16(2)9-12;2-1-3/h5-6,8,12H,3-4,7,9H2,1-2H3;1H,(H2,2,3). The first-order valence-corrected chi connectivity index (χ1v) is 7.66. The predicted octanol–water partition coefficient (Wildman–Crippen LogP) is 2.52. The highest BCUT2D eigenvalue weighted by molar-refractivity contribution is 7.18. The summed E-state index contributed by atoms with van der Waals surface area (Å²) in [6, 6.07) is 6.68. The van der Waals surface area contributed by atoms with Crippen LogP contribution in [0.4, 0.5) is 0 Å². The molecule has 1 aliphatic heterocycles. The minimum atomic E-state index is 0.250. The fourth-order valence-electron chi connectivity index (χ4n) is 2.69. The van der Waals surface area contributed by atoms with E-state index in [0.717, 1.165) is 6.54 Å². The molecule has 0 aromatic carbocycles. The molecule has 5 heteroatoms. The smallest absolute Gasteiger partial charge is 0.204 e. The minimum Gasteiger partial charge on any atom is -0.372 e. The number of carbonyl (C=O) groups is 1. The van der Waals surface area contributed by atoms with Gasteiger partial charge < -0.3 is 10.6 Å². The second-order valence-electron chi connectivity index (χ2n) is 5.23. The van der Waals surface area contributed by atoms with Crippen LogP contribution in [0.15, 0.2) is 18.2 Å². The molecule has 2 aromatic heterocycles. The van der Waals surface area contributed by atoms with Crippen LogP contribution >= 0.6 is 11.3 Å². The number of nitrogens with zero attached hydrogens (tertiary/aromatic N) is 2. The number of carbonyl (C=O) groups excluding carboxylic acids is 1. The Morgan fingerprint density at radius 2 is 2.25 bits per heavy atom. The van der Waals surface area contributed by atoms with Gasteiger partial charge in [-0.25, -0.2) is 4.98 Å². The Morgan fingerprint density at radius 3 is 2.95 bits per heavy atom. The van der Waals surface area contributed by atoms with Gasteiger partial charge in [-0.2, -0.15) is 0 Å². The molecule has 0 aliphatic carbocycles. The van der Waals surface area contributed by atoms with Crippen molar-refractivity contribution >= 4 is 28.0 Å². The summed E-state index contributed by atoms with van der Waals surface area (Å²) in [5.74, 6) is 0.626. The number of piperidine rings is 1. The minimum absolute atomic E-state index is 0.250. The molecule has 20 heavy (non-hydrogen) atoms. The molecule has 108 valence electrons. The van der Waals surface area contributed by atoms with E-state index in [4.69, 9.17) is 9.78 Å². The monoisotopic (exact) mass is 291 g/mol. The van der Waals surface area contributed by atoms with E-state index in [-0.39, 0.29) is 6.41 Å². The normalized spacial score (nSPS) is 19.4. The van der Waals surface area contributed by atoms with Crippen molar-refractivity contribution in [3.05, 3.63) is 28.8 Å². The lowest BCUT2D eigenvalue weighted by Gasteiger charge is -2.29. The average Bonchev–Trinajstić information content (AvgIpc) is 2.78. The van der Waals surface area contributed by atoms with Gasteiger partial charge in [-0.05, 0) is 45.5 Å². The maximum absolute atomic E-state index is 8.58. The number of likely N-dealkylation sites (tertiary alicyclic amines) is 1. The van der Waals surface area contributed by atoms with Crippen LogP contribution in [-0.2, 0) is 4.79 Å². The van der Waals surface area contributed by atoms with E-state index in [2.05, 4.69) is 42.8 Å². The molecule has 3 rings (SSSR count). The van der Waals surface area contributed by atoms with E-state index in [1.165, 1.54) is 40.2 Å². The zero-order valence-electron chi connectivity index (χ0n) is 12.0. The van der Waals surface area contributed by atoms with E-state index < -0.39 is 0 Å². The highest BCUT2D eigenvalue weighted by Crippen LogP contribution is 2.29. The number of aromatic nitrogens is 1. The van der Waals surface area contributed by atoms with Crippen LogP contribution < -0.4 is 5.73 Å². The first-order valence-electron chi connectivity index (χ1n) is 6.85. The molecule has 1 aliphatic rings. The second-order valence-corrected chi connectivity index (χ2v) is 6.46. The van der Waals surface area contributed by atoms with E-state index in [0.29, 0.717) is 5.92 Å². The quantitative estimate of drug-likeness (QED) is 0.821. The van der Waals surface area contributed by atoms with Gasteiger partial charge in [0.2, 0.25) is 6.41 Å². The number of hydrogen-bond acceptors (Lipinski definition) is 4. The van der Waals surface area contributed by atoms with Crippen LogP contribution in [0.5, 0.6) is 0 Å². The Morgan fingerprint density at radius 1 is 1.50 bits per heavy atom. The van der Waals surface area contributed by atoms with Crippen molar-refractivity contribution < 1.29 is 4.79 Å². The lowest BCUT2D eigenvalue weighted by molar-refractivity contribution is -0.106. The number of rotatable bonds is 1. The molecular formula is C15H21N3OS. The van der Waals surface area contributed by atoms with Gasteiger partial charge in [0.05, 0.1) is 0 Å². The summed E-state index contributed by atoms with van der Waals surface area (Å²) in [5, 5.41) is 1.29. The first kappa shape index (κ1) is 14.9. The zero-order chi connectivity index (χ0) is 14.5. The highest BCUT2D eigenvalue weighted by Gasteiger charge is 2.20. The zero-order valence-corrected chi connectivity index (χ0v) is 12.8. The fourth-order valence-corrected chi connectivity index (χ4v) is 3.58. The summed E-state index contributed by atoms with van der Waals surface area (Å²) >= 11 is 1.81. The summed E-state index contributed by atoms with van der Waals surface area (Å²) in [4.78, 5) is 18.4. The second kappa shape index (κ2) is 6.81. The van der Waals surface area contributed by atoms with Crippen LogP contribution in [-0.4, -0.2) is 36.4 Å². The first-order chi connectivity index (χ1) is 9.63. The van der Waals surface area contributed by atoms with Crippen molar-refractivity contribution in [1.82, 2.24) is 9.88 Å². The van der Waals surface area contributed by atoms with Crippen molar-refractivity contribution in [3.63, 3.8) is 0 Å². The molecule has 0 saturated carbocycles. The Labute approximate surface area is 123 Å². The van der Waals surface area contributed by atoms with Crippen molar-refractivity contribution in [1.29, 1.82) is 0 Å². The highest BCUT2D eigenvalue weighted by atomic mass is 32.1. The van der Waals surface area contributed by atoms with Crippen molar-refractivity contribution in [3.8, 4) is 0 Å². The summed E-state index contributed by atoms with van der Waals surface area (Å²) in [7, 11) is 2.21. The third-order valence-corrected chi connectivity index (χ3v) is 4.53. The van der Waals surface area contributed by atoms with Gasteiger partial charge in [-0.3, -0.25) is 4.79 Å². The van der Waals surface area contributed by atoms with Crippen molar-refractivity contribution in [2.45, 2.75) is 25.7 Å². The molecule has 3 heterocycles. The molecule has 0 spiro atoms. The van der Waals surface area contributed by atoms with Crippen molar-refractivity contribution in [2.24, 2.45) is 5.73 Å². The van der Waals surface area contributed by atoms with E-state index in [1.807, 2.05) is 0 Å². The molecule has 1 fully saturated rings. The third-order valence-electron chi connectivity index (χ3n) is 3.57. The molecule has 1 saturated heterocycles. The van der Waals surface area contributed by atoms with Gasteiger partial charge in [0.25, 0.3) is 0 Å². The molecule has 1 amide bonds. The number of fused-ring (bicyclic) bond motifs is 1. The van der Waals surface area contributed by atoms with E-state index in [9.17, 15) is 0 Å². The molecule has 2 N–H and O–H groups in total. The van der Waals surface area contributed by atoms with E-state index in [1.54, 1.807) is 11.3 Å². The number of hydrogen-bond donors (Lipinski definition) is 1. The fraction of sp³-hybridized carbons (Fsp3) is 0.467. The molecule has 0 bridgehead atoms. The number of likely N-dealkylation sites (N-methyl/N-ethyl adjacent to an activating group) is 1. The molecule has 2 aromatic rings. The molecular weight excluding hydrogens is 270 g/mol. The number of primary amides is 1. The summed E-state index contributed by atoms with van der Waals surface area (Å²) in [6.45, 7) is 4.54. The number of pyridine rings is 1. The van der Waals surface area contributed by atoms with Crippen molar-refractivity contribution in [2.75, 3.05) is 20.1 Å². The maximum atomic E-state index is 8.58. The number of aryl methyl sites for hydroxylation is 1. The lowest BCUT2D eigenvalue weighted by Crippen LogP contribution is -2.31. The largest absolute Gasteiger partial charge is 0.372 e. The molecule has 4 nitrogen and oxygen atoms in total. The van der Waals surface area contributed by atoms with Gasteiger partial charge in [-0.15, -0.1) is 11.3 Å². The molecule has 0 radical (unpaired) electrons. The van der Waals surface area contributed by atoms with Gasteiger partial charge in [0.15, 0.2) is 0 Å². The van der Waals surface area contributed by atoms with Gasteiger partial charge in [0.1, 0.15) is 4.83 Å². The Bertz CT molecular complexity index is 582. The summed E-state index contributed by atoms with van der Waals surface area (Å²) in [5.41, 5.74) is 5.45. The number of amides is 1. The topological polar surface area (TPSA) is 59.2 Å². The van der Waals surface area contributed by atoms with Gasteiger partial charge in [0, 0.05) is 28.4 Å². The average molecular weight is 291 g/mol. The van der Waals surface area contributed by atoms with Gasteiger partial charge >= 0.3 is 0 Å². The molecule has 1 unspecified atom stereocenters. The number of thiophene rings is 1. The maximum Gasteiger partial charge on any atom is 0.204 e. The molecule has 1 atom stereocenters. The Kier molecular flexibility index (Phi) is 5.09. The predicted molar refractivity (Wildman–Crippen MR) is 84.1 cm³/mol. The number of nitrogens with two attached hydrogens (primary N) is 1.